The molecule has 0 spiro atoms. The van der Waals surface area contributed by atoms with E-state index in [0.717, 1.165) is 30.7 Å². The fourth-order valence-electron chi connectivity index (χ4n) is 2.71. The van der Waals surface area contributed by atoms with Crippen molar-refractivity contribution >= 4 is 11.9 Å². The third kappa shape index (κ3) is 5.37. The van der Waals surface area contributed by atoms with Gasteiger partial charge in [-0.1, -0.05) is 19.1 Å². The summed E-state index contributed by atoms with van der Waals surface area (Å²) in [5.74, 6) is 0.702. The average molecular weight is 356 g/mol. The molecule has 1 aromatic rings. The summed E-state index contributed by atoms with van der Waals surface area (Å²) in [6.45, 7) is 3.56. The summed E-state index contributed by atoms with van der Waals surface area (Å²) < 4.78 is 37.7. The summed E-state index contributed by atoms with van der Waals surface area (Å²) in [6.07, 6.45) is -2.99. The number of likely N-dealkylation sites (tertiary alicyclic amines) is 1. The number of alkyl halides is 3. The first-order valence-electron chi connectivity index (χ1n) is 8.24. The fourth-order valence-corrected chi connectivity index (χ4v) is 2.71. The molecule has 1 fully saturated rings. The number of aliphatic imine (C=N–C) groups is 1. The molecule has 8 heteroatoms. The van der Waals surface area contributed by atoms with Crippen LogP contribution in [0.5, 0.6) is 0 Å². The van der Waals surface area contributed by atoms with Crippen LogP contribution in [-0.4, -0.2) is 42.9 Å². The lowest BCUT2D eigenvalue weighted by molar-refractivity contribution is -0.137. The highest BCUT2D eigenvalue weighted by molar-refractivity contribution is 5.80. The van der Waals surface area contributed by atoms with Crippen LogP contribution in [0.1, 0.15) is 30.9 Å². The SMILES string of the molecule is CCC(=O)N1CCC(NC(=NC)NCc2ccc(C(F)(F)F)cc2)C1. The van der Waals surface area contributed by atoms with Crippen molar-refractivity contribution in [1.82, 2.24) is 15.5 Å². The van der Waals surface area contributed by atoms with E-state index in [1.54, 1.807) is 7.05 Å². The van der Waals surface area contributed by atoms with Crippen LogP contribution < -0.4 is 10.6 Å². The topological polar surface area (TPSA) is 56.7 Å². The minimum absolute atomic E-state index is 0.120. The number of hydrogen-bond donors (Lipinski definition) is 2. The largest absolute Gasteiger partial charge is 0.416 e. The van der Waals surface area contributed by atoms with Crippen LogP contribution in [0, 0.1) is 0 Å². The van der Waals surface area contributed by atoms with Crippen LogP contribution >= 0.6 is 0 Å². The first-order chi connectivity index (χ1) is 11.8. The Labute approximate surface area is 145 Å². The zero-order valence-corrected chi connectivity index (χ0v) is 14.4. The molecule has 1 aromatic carbocycles. The van der Waals surface area contributed by atoms with Crippen molar-refractivity contribution in [2.24, 2.45) is 4.99 Å². The molecule has 1 saturated heterocycles. The molecular formula is C17H23F3N4O. The predicted octanol–water partition coefficient (Wildman–Crippen LogP) is 2.38. The van der Waals surface area contributed by atoms with Crippen molar-refractivity contribution in [2.45, 2.75) is 38.5 Å². The van der Waals surface area contributed by atoms with Crippen LogP contribution in [0.3, 0.4) is 0 Å². The van der Waals surface area contributed by atoms with Gasteiger partial charge >= 0.3 is 6.18 Å². The summed E-state index contributed by atoms with van der Waals surface area (Å²) in [7, 11) is 1.63. The Morgan fingerprint density at radius 1 is 1.32 bits per heavy atom. The molecule has 0 saturated carbocycles. The van der Waals surface area contributed by atoms with Crippen molar-refractivity contribution in [2.75, 3.05) is 20.1 Å². The van der Waals surface area contributed by atoms with Crippen molar-refractivity contribution in [3.05, 3.63) is 35.4 Å². The molecule has 1 heterocycles. The standard InChI is InChI=1S/C17H23F3N4O/c1-3-15(25)24-9-8-14(11-24)23-16(21-2)22-10-12-4-6-13(7-5-12)17(18,19)20/h4-7,14H,3,8-11H2,1-2H3,(H2,21,22,23). The normalized spacial score (nSPS) is 18.4. The molecule has 5 nitrogen and oxygen atoms in total. The lowest BCUT2D eigenvalue weighted by Gasteiger charge is -2.19. The fraction of sp³-hybridized carbons (Fsp3) is 0.529. The van der Waals surface area contributed by atoms with Crippen LogP contribution in [0.15, 0.2) is 29.3 Å². The summed E-state index contributed by atoms with van der Waals surface area (Å²) in [5.41, 5.74) is 0.0653. The Hall–Kier alpha value is -2.25. The Bertz CT molecular complexity index is 613. The molecule has 0 aliphatic carbocycles. The summed E-state index contributed by atoms with van der Waals surface area (Å²) in [5, 5.41) is 6.33. The highest BCUT2D eigenvalue weighted by Crippen LogP contribution is 2.29. The molecule has 25 heavy (non-hydrogen) atoms. The van der Waals surface area contributed by atoms with Gasteiger partial charge in [0.15, 0.2) is 5.96 Å². The van der Waals surface area contributed by atoms with E-state index in [1.807, 2.05) is 11.8 Å². The van der Waals surface area contributed by atoms with Crippen LogP contribution in [0.2, 0.25) is 0 Å². The molecule has 1 atom stereocenters. The van der Waals surface area contributed by atoms with Gasteiger partial charge < -0.3 is 15.5 Å². The number of nitrogens with one attached hydrogen (secondary N) is 2. The molecular weight excluding hydrogens is 333 g/mol. The third-order valence-corrected chi connectivity index (χ3v) is 4.15. The molecule has 2 rings (SSSR count). The van der Waals surface area contributed by atoms with E-state index in [1.165, 1.54) is 12.1 Å². The molecule has 0 bridgehead atoms. The predicted molar refractivity (Wildman–Crippen MR) is 90.1 cm³/mol. The lowest BCUT2D eigenvalue weighted by atomic mass is 10.1. The molecule has 1 aliphatic rings. The van der Waals surface area contributed by atoms with Gasteiger partial charge in [-0.15, -0.1) is 0 Å². The smallest absolute Gasteiger partial charge is 0.352 e. The van der Waals surface area contributed by atoms with E-state index < -0.39 is 11.7 Å². The zero-order valence-electron chi connectivity index (χ0n) is 14.4. The highest BCUT2D eigenvalue weighted by Gasteiger charge is 2.30. The van der Waals surface area contributed by atoms with Crippen LogP contribution in [0.25, 0.3) is 0 Å². The molecule has 1 amide bonds. The molecule has 0 radical (unpaired) electrons. The summed E-state index contributed by atoms with van der Waals surface area (Å²) in [4.78, 5) is 17.6. The van der Waals surface area contributed by atoms with E-state index in [2.05, 4.69) is 15.6 Å². The number of benzene rings is 1. The molecule has 1 aliphatic heterocycles. The van der Waals surface area contributed by atoms with E-state index in [4.69, 9.17) is 0 Å². The van der Waals surface area contributed by atoms with Gasteiger partial charge in [0, 0.05) is 39.1 Å². The van der Waals surface area contributed by atoms with Gasteiger partial charge in [-0.3, -0.25) is 9.79 Å². The minimum Gasteiger partial charge on any atom is -0.352 e. The Balaban J connectivity index is 1.84. The van der Waals surface area contributed by atoms with Crippen molar-refractivity contribution < 1.29 is 18.0 Å². The number of hydrogen-bond acceptors (Lipinski definition) is 2. The van der Waals surface area contributed by atoms with Crippen LogP contribution in [0.4, 0.5) is 13.2 Å². The monoisotopic (exact) mass is 356 g/mol. The van der Waals surface area contributed by atoms with Gasteiger partial charge in [-0.25, -0.2) is 0 Å². The maximum atomic E-state index is 12.6. The second-order valence-corrected chi connectivity index (χ2v) is 5.94. The Morgan fingerprint density at radius 3 is 2.56 bits per heavy atom. The first-order valence-corrected chi connectivity index (χ1v) is 8.24. The number of rotatable bonds is 4. The summed E-state index contributed by atoms with van der Waals surface area (Å²) in [6, 6.07) is 5.14. The minimum atomic E-state index is -4.33. The second kappa shape index (κ2) is 8.22. The van der Waals surface area contributed by atoms with Gasteiger partial charge in [-0.05, 0) is 24.1 Å². The van der Waals surface area contributed by atoms with Gasteiger partial charge in [0.05, 0.1) is 5.56 Å². The molecule has 0 aromatic heterocycles. The molecule has 138 valence electrons. The Morgan fingerprint density at radius 2 is 2.00 bits per heavy atom. The molecule has 2 N–H and O–H groups in total. The second-order valence-electron chi connectivity index (χ2n) is 5.94. The van der Waals surface area contributed by atoms with Crippen LogP contribution in [-0.2, 0) is 17.5 Å². The number of carbonyl (C=O) groups is 1. The van der Waals surface area contributed by atoms with Gasteiger partial charge in [0.25, 0.3) is 0 Å². The van der Waals surface area contributed by atoms with Gasteiger partial charge in [-0.2, -0.15) is 13.2 Å². The van der Waals surface area contributed by atoms with Crippen molar-refractivity contribution in [3.63, 3.8) is 0 Å². The quantitative estimate of drug-likeness (QED) is 0.643. The van der Waals surface area contributed by atoms with Crippen molar-refractivity contribution in [1.29, 1.82) is 0 Å². The summed E-state index contributed by atoms with van der Waals surface area (Å²) >= 11 is 0. The number of guanidine groups is 1. The van der Waals surface area contributed by atoms with Gasteiger partial charge in [0.2, 0.25) is 5.91 Å². The third-order valence-electron chi connectivity index (χ3n) is 4.15. The lowest BCUT2D eigenvalue weighted by Crippen LogP contribution is -2.44. The highest BCUT2D eigenvalue weighted by atomic mass is 19.4. The van der Waals surface area contributed by atoms with E-state index in [9.17, 15) is 18.0 Å². The first kappa shape index (κ1) is 19.1. The van der Waals surface area contributed by atoms with E-state index >= 15 is 0 Å². The Kier molecular flexibility index (Phi) is 6.27. The number of nitrogens with zero attached hydrogens (tertiary/aromatic N) is 2. The van der Waals surface area contributed by atoms with E-state index in [-0.39, 0.29) is 11.9 Å². The number of amides is 1. The number of halogens is 3. The molecule has 1 unspecified atom stereocenters. The van der Waals surface area contributed by atoms with E-state index in [0.29, 0.717) is 25.5 Å². The number of carbonyl (C=O) groups excluding carboxylic acids is 1. The van der Waals surface area contributed by atoms with Gasteiger partial charge in [0.1, 0.15) is 0 Å². The maximum absolute atomic E-state index is 12.6. The zero-order chi connectivity index (χ0) is 18.4. The maximum Gasteiger partial charge on any atom is 0.416 e. The average Bonchev–Trinajstić information content (AvgIpc) is 3.06. The van der Waals surface area contributed by atoms with Crippen molar-refractivity contribution in [3.8, 4) is 0 Å².